The summed E-state index contributed by atoms with van der Waals surface area (Å²) in [6, 6.07) is 4.43. The summed E-state index contributed by atoms with van der Waals surface area (Å²) in [5.41, 5.74) is 0.547. The van der Waals surface area contributed by atoms with E-state index in [2.05, 4.69) is 25.1 Å². The summed E-state index contributed by atoms with van der Waals surface area (Å²) in [6.45, 7) is -2.94. The normalized spacial score (nSPS) is 14.9. The third-order valence-corrected chi connectivity index (χ3v) is 5.60. The van der Waals surface area contributed by atoms with Crippen molar-refractivity contribution in [2.45, 2.75) is 55.6 Å². The van der Waals surface area contributed by atoms with E-state index in [1.165, 1.54) is 50.3 Å². The van der Waals surface area contributed by atoms with Gasteiger partial charge in [-0.05, 0) is 31.0 Å². The fraction of sp³-hybridized carbons (Fsp3) is 0.474. The zero-order valence-corrected chi connectivity index (χ0v) is 17.0. The first-order valence-corrected chi connectivity index (χ1v) is 10.5. The molecule has 2 heterocycles. The third-order valence-electron chi connectivity index (χ3n) is 4.80. The van der Waals surface area contributed by atoms with Gasteiger partial charge in [0.05, 0.1) is 12.9 Å². The molecule has 8 nitrogen and oxygen atoms in total. The molecule has 160 valence electrons. The Hall–Kier alpha value is -2.69. The van der Waals surface area contributed by atoms with Crippen molar-refractivity contribution in [1.29, 1.82) is 0 Å². The van der Waals surface area contributed by atoms with Crippen LogP contribution in [-0.2, 0) is 5.75 Å². The molecule has 0 bridgehead atoms. The number of halogens is 2. The van der Waals surface area contributed by atoms with Crippen molar-refractivity contribution in [2.75, 3.05) is 7.11 Å². The molecular weight excluding hydrogens is 418 g/mol. The Morgan fingerprint density at radius 2 is 2.00 bits per heavy atom. The molecule has 0 N–H and O–H groups in total. The maximum atomic E-state index is 12.5. The standard InChI is InChI=1S/C19H20F2N4O4S/c1-26-14-9-12(7-8-13(14)27-18(20)21)16-22-15(29-25-16)10-30-19-24-23-17(28-19)11-5-3-2-4-6-11/h7-9,11,18H,2-6,10H2,1H3. The lowest BCUT2D eigenvalue weighted by Crippen LogP contribution is -2.04. The highest BCUT2D eigenvalue weighted by atomic mass is 32.2. The lowest BCUT2D eigenvalue weighted by atomic mass is 9.89. The van der Waals surface area contributed by atoms with E-state index in [9.17, 15) is 8.78 Å². The smallest absolute Gasteiger partial charge is 0.387 e. The largest absolute Gasteiger partial charge is 0.493 e. The molecule has 2 aromatic heterocycles. The lowest BCUT2D eigenvalue weighted by molar-refractivity contribution is -0.0512. The molecule has 1 aromatic carbocycles. The van der Waals surface area contributed by atoms with E-state index in [0.29, 0.717) is 40.1 Å². The van der Waals surface area contributed by atoms with E-state index < -0.39 is 6.61 Å². The molecule has 0 aliphatic heterocycles. The van der Waals surface area contributed by atoms with Crippen molar-refractivity contribution >= 4 is 11.8 Å². The predicted molar refractivity (Wildman–Crippen MR) is 103 cm³/mol. The number of rotatable bonds is 8. The number of alkyl halides is 2. The maximum absolute atomic E-state index is 12.5. The van der Waals surface area contributed by atoms with E-state index in [1.807, 2.05) is 0 Å². The molecular formula is C19H20F2N4O4S. The first kappa shape index (κ1) is 20.6. The molecule has 1 fully saturated rings. The molecule has 1 aliphatic carbocycles. The van der Waals surface area contributed by atoms with Crippen molar-refractivity contribution in [3.05, 3.63) is 30.0 Å². The summed E-state index contributed by atoms with van der Waals surface area (Å²) in [5.74, 6) is 2.17. The van der Waals surface area contributed by atoms with Crippen LogP contribution in [0.5, 0.6) is 11.5 Å². The summed E-state index contributed by atoms with van der Waals surface area (Å²) in [7, 11) is 1.36. The third kappa shape index (κ3) is 4.89. The van der Waals surface area contributed by atoms with Crippen molar-refractivity contribution < 1.29 is 27.2 Å². The second-order valence-electron chi connectivity index (χ2n) is 6.79. The Morgan fingerprint density at radius 1 is 1.17 bits per heavy atom. The van der Waals surface area contributed by atoms with Crippen LogP contribution in [0.3, 0.4) is 0 Å². The summed E-state index contributed by atoms with van der Waals surface area (Å²) < 4.78 is 45.5. The SMILES string of the molecule is COc1cc(-c2noc(CSc3nnc(C4CCCCC4)o3)n2)ccc1OC(F)F. The highest BCUT2D eigenvalue weighted by Gasteiger charge is 2.22. The Bertz CT molecular complexity index is 975. The summed E-state index contributed by atoms with van der Waals surface area (Å²) in [4.78, 5) is 4.33. The van der Waals surface area contributed by atoms with Crippen LogP contribution in [-0.4, -0.2) is 34.1 Å². The molecule has 4 rings (SSSR count). The fourth-order valence-electron chi connectivity index (χ4n) is 3.35. The van der Waals surface area contributed by atoms with Crippen molar-refractivity contribution in [2.24, 2.45) is 0 Å². The number of hydrogen-bond donors (Lipinski definition) is 0. The quantitative estimate of drug-likeness (QED) is 0.447. The minimum Gasteiger partial charge on any atom is -0.493 e. The Balaban J connectivity index is 1.39. The van der Waals surface area contributed by atoms with Gasteiger partial charge in [0.1, 0.15) is 0 Å². The summed E-state index contributed by atoms with van der Waals surface area (Å²) in [5, 5.41) is 12.7. The van der Waals surface area contributed by atoms with Crippen LogP contribution in [0.2, 0.25) is 0 Å². The van der Waals surface area contributed by atoms with E-state index in [-0.39, 0.29) is 11.5 Å². The number of methoxy groups -OCH3 is 1. The summed E-state index contributed by atoms with van der Waals surface area (Å²) in [6.07, 6.45) is 5.83. The average molecular weight is 438 g/mol. The van der Waals surface area contributed by atoms with Gasteiger partial charge in [-0.15, -0.1) is 10.2 Å². The van der Waals surface area contributed by atoms with Gasteiger partial charge >= 0.3 is 6.61 Å². The second kappa shape index (κ2) is 9.41. The average Bonchev–Trinajstić information content (AvgIpc) is 3.42. The minimum atomic E-state index is -2.94. The van der Waals surface area contributed by atoms with E-state index in [4.69, 9.17) is 13.7 Å². The fourth-order valence-corrected chi connectivity index (χ4v) is 3.95. The molecule has 0 spiro atoms. The van der Waals surface area contributed by atoms with Crippen LogP contribution < -0.4 is 9.47 Å². The number of nitrogens with zero attached hydrogens (tertiary/aromatic N) is 4. The van der Waals surface area contributed by atoms with Crippen molar-refractivity contribution in [3.63, 3.8) is 0 Å². The summed E-state index contributed by atoms with van der Waals surface area (Å²) >= 11 is 1.32. The van der Waals surface area contributed by atoms with Gasteiger partial charge in [-0.2, -0.15) is 13.8 Å². The van der Waals surface area contributed by atoms with E-state index in [0.717, 1.165) is 12.8 Å². The Morgan fingerprint density at radius 3 is 2.77 bits per heavy atom. The minimum absolute atomic E-state index is 0.0688. The highest BCUT2D eigenvalue weighted by molar-refractivity contribution is 7.98. The first-order chi connectivity index (χ1) is 14.6. The van der Waals surface area contributed by atoms with Crippen LogP contribution in [0.1, 0.15) is 49.8 Å². The van der Waals surface area contributed by atoms with Crippen LogP contribution in [0.25, 0.3) is 11.4 Å². The molecule has 0 saturated heterocycles. The van der Waals surface area contributed by atoms with E-state index in [1.54, 1.807) is 6.07 Å². The number of benzene rings is 1. The number of hydrogen-bond acceptors (Lipinski definition) is 9. The van der Waals surface area contributed by atoms with Crippen LogP contribution >= 0.6 is 11.8 Å². The predicted octanol–water partition coefficient (Wildman–Crippen LogP) is 5.07. The van der Waals surface area contributed by atoms with Gasteiger partial charge in [-0.3, -0.25) is 0 Å². The van der Waals surface area contributed by atoms with Gasteiger partial charge in [0.25, 0.3) is 5.22 Å². The number of aromatic nitrogens is 4. The zero-order chi connectivity index (χ0) is 20.9. The van der Waals surface area contributed by atoms with Crippen molar-refractivity contribution in [3.8, 4) is 22.9 Å². The molecule has 0 atom stereocenters. The van der Waals surface area contributed by atoms with Crippen LogP contribution in [0, 0.1) is 0 Å². The van der Waals surface area contributed by atoms with Gasteiger partial charge in [0.2, 0.25) is 17.6 Å². The number of ether oxygens (including phenoxy) is 2. The monoisotopic (exact) mass is 438 g/mol. The first-order valence-electron chi connectivity index (χ1n) is 9.54. The zero-order valence-electron chi connectivity index (χ0n) is 16.2. The second-order valence-corrected chi connectivity index (χ2v) is 7.71. The van der Waals surface area contributed by atoms with Crippen molar-refractivity contribution in [1.82, 2.24) is 20.3 Å². The molecule has 1 saturated carbocycles. The van der Waals surface area contributed by atoms with Crippen LogP contribution in [0.15, 0.2) is 32.4 Å². The van der Waals surface area contributed by atoms with Gasteiger partial charge in [-0.1, -0.05) is 36.2 Å². The molecule has 0 unspecified atom stereocenters. The Labute approximate surface area is 175 Å². The van der Waals surface area contributed by atoms with Gasteiger partial charge < -0.3 is 18.4 Å². The van der Waals surface area contributed by atoms with Gasteiger partial charge in [0, 0.05) is 11.5 Å². The number of thioether (sulfide) groups is 1. The van der Waals surface area contributed by atoms with Gasteiger partial charge in [0.15, 0.2) is 11.5 Å². The molecule has 0 amide bonds. The molecule has 3 aromatic rings. The topological polar surface area (TPSA) is 96.3 Å². The van der Waals surface area contributed by atoms with Crippen LogP contribution in [0.4, 0.5) is 8.78 Å². The Kier molecular flexibility index (Phi) is 6.46. The van der Waals surface area contributed by atoms with Gasteiger partial charge in [-0.25, -0.2) is 0 Å². The lowest BCUT2D eigenvalue weighted by Gasteiger charge is -2.17. The highest BCUT2D eigenvalue weighted by Crippen LogP contribution is 2.34. The maximum Gasteiger partial charge on any atom is 0.387 e. The molecule has 1 aliphatic rings. The van der Waals surface area contributed by atoms with E-state index >= 15 is 0 Å². The molecule has 11 heteroatoms. The molecule has 0 radical (unpaired) electrons. The molecule has 30 heavy (non-hydrogen) atoms.